The quantitative estimate of drug-likeness (QED) is 0.607. The number of primary amides is 1. The summed E-state index contributed by atoms with van der Waals surface area (Å²) in [7, 11) is 0. The van der Waals surface area contributed by atoms with Gasteiger partial charge in [0.25, 0.3) is 17.6 Å². The van der Waals surface area contributed by atoms with E-state index in [1.807, 2.05) is 0 Å². The number of rotatable bonds is 4. The Labute approximate surface area is 140 Å². The van der Waals surface area contributed by atoms with Crippen LogP contribution in [0.4, 0.5) is 4.39 Å². The maximum Gasteiger partial charge on any atom is 0.290 e. The summed E-state index contributed by atoms with van der Waals surface area (Å²) in [5.41, 5.74) is 6.48. The molecule has 0 atom stereocenters. The van der Waals surface area contributed by atoms with Gasteiger partial charge in [-0.05, 0) is 18.2 Å². The summed E-state index contributed by atoms with van der Waals surface area (Å²) in [6.45, 7) is 0.178. The van der Waals surface area contributed by atoms with Crippen LogP contribution in [0.15, 0.2) is 47.1 Å². The highest BCUT2D eigenvalue weighted by Crippen LogP contribution is 2.26. The Hall–Kier alpha value is -3.62. The molecule has 0 radical (unpaired) electrons. The molecule has 4 aromatic rings. The molecule has 0 aliphatic carbocycles. The molecule has 0 spiro atoms. The third-order valence-electron chi connectivity index (χ3n) is 3.63. The standard InChI is InChI=1S/C16H11FN6O2/c17-11-6-2-1-4-9(11)8-23-15-10(5-3-7-19-15)12(21-23)16-20-14(13(18)24)22-25-16/h1-7H,8H2,(H2,18,24). The number of carbonyl (C=O) groups excluding carboxylic acids is 1. The van der Waals surface area contributed by atoms with Gasteiger partial charge < -0.3 is 10.3 Å². The number of fused-ring (bicyclic) bond motifs is 1. The van der Waals surface area contributed by atoms with E-state index in [0.717, 1.165) is 0 Å². The van der Waals surface area contributed by atoms with E-state index < -0.39 is 5.91 Å². The molecule has 0 saturated carbocycles. The number of hydrogen-bond donors (Lipinski definition) is 1. The van der Waals surface area contributed by atoms with Crippen LogP contribution in [0.1, 0.15) is 16.2 Å². The molecule has 3 heterocycles. The van der Waals surface area contributed by atoms with E-state index in [9.17, 15) is 9.18 Å². The number of benzene rings is 1. The summed E-state index contributed by atoms with van der Waals surface area (Å²) in [5, 5.41) is 8.56. The van der Waals surface area contributed by atoms with Crippen molar-refractivity contribution in [1.29, 1.82) is 0 Å². The fourth-order valence-corrected chi connectivity index (χ4v) is 2.49. The molecule has 25 heavy (non-hydrogen) atoms. The second kappa shape index (κ2) is 5.78. The molecule has 9 heteroatoms. The molecule has 0 bridgehead atoms. The lowest BCUT2D eigenvalue weighted by Crippen LogP contribution is -2.12. The molecule has 124 valence electrons. The topological polar surface area (TPSA) is 113 Å². The maximum atomic E-state index is 13.9. The van der Waals surface area contributed by atoms with Crippen molar-refractivity contribution in [2.24, 2.45) is 5.73 Å². The van der Waals surface area contributed by atoms with E-state index in [2.05, 4.69) is 20.2 Å². The van der Waals surface area contributed by atoms with Crippen molar-refractivity contribution in [3.05, 3.63) is 59.8 Å². The van der Waals surface area contributed by atoms with Crippen molar-refractivity contribution in [3.63, 3.8) is 0 Å². The third kappa shape index (κ3) is 2.61. The van der Waals surface area contributed by atoms with Crippen molar-refractivity contribution < 1.29 is 13.7 Å². The van der Waals surface area contributed by atoms with Gasteiger partial charge in [0.1, 0.15) is 5.82 Å². The molecule has 8 nitrogen and oxygen atoms in total. The molecule has 0 saturated heterocycles. The minimum absolute atomic E-state index is 0.0408. The van der Waals surface area contributed by atoms with Crippen LogP contribution in [-0.2, 0) is 6.54 Å². The van der Waals surface area contributed by atoms with Gasteiger partial charge in [-0.2, -0.15) is 10.1 Å². The first-order valence-electron chi connectivity index (χ1n) is 7.32. The Morgan fingerprint density at radius 2 is 2.08 bits per heavy atom. The van der Waals surface area contributed by atoms with Crippen molar-refractivity contribution in [1.82, 2.24) is 24.9 Å². The lowest BCUT2D eigenvalue weighted by molar-refractivity contribution is 0.0987. The fraction of sp³-hybridized carbons (Fsp3) is 0.0625. The molecule has 2 N–H and O–H groups in total. The molecule has 1 amide bonds. The summed E-state index contributed by atoms with van der Waals surface area (Å²) >= 11 is 0. The van der Waals surface area contributed by atoms with Crippen LogP contribution < -0.4 is 5.73 Å². The molecular formula is C16H11FN6O2. The molecular weight excluding hydrogens is 327 g/mol. The van der Waals surface area contributed by atoms with Crippen molar-refractivity contribution in [2.75, 3.05) is 0 Å². The van der Waals surface area contributed by atoms with Crippen LogP contribution >= 0.6 is 0 Å². The van der Waals surface area contributed by atoms with E-state index in [-0.39, 0.29) is 24.1 Å². The highest BCUT2D eigenvalue weighted by atomic mass is 19.1. The monoisotopic (exact) mass is 338 g/mol. The van der Waals surface area contributed by atoms with E-state index in [1.165, 1.54) is 10.7 Å². The average Bonchev–Trinajstić information content (AvgIpc) is 3.22. The first-order chi connectivity index (χ1) is 12.1. The van der Waals surface area contributed by atoms with Crippen molar-refractivity contribution >= 4 is 16.9 Å². The SMILES string of the molecule is NC(=O)c1noc(-c2nn(Cc3ccccc3F)c3ncccc23)n1. The van der Waals surface area contributed by atoms with Crippen LogP contribution in [0.25, 0.3) is 22.6 Å². The van der Waals surface area contributed by atoms with Gasteiger partial charge in [0.2, 0.25) is 0 Å². The van der Waals surface area contributed by atoms with Crippen molar-refractivity contribution in [3.8, 4) is 11.6 Å². The molecule has 1 aromatic carbocycles. The van der Waals surface area contributed by atoms with E-state index in [4.69, 9.17) is 10.3 Å². The van der Waals surface area contributed by atoms with Gasteiger partial charge >= 0.3 is 0 Å². The van der Waals surface area contributed by atoms with Crippen LogP contribution in [0.2, 0.25) is 0 Å². The van der Waals surface area contributed by atoms with E-state index in [1.54, 1.807) is 36.5 Å². The second-order valence-electron chi connectivity index (χ2n) is 5.26. The van der Waals surface area contributed by atoms with Gasteiger partial charge in [0, 0.05) is 11.8 Å². The largest absolute Gasteiger partial charge is 0.363 e. The number of nitrogens with two attached hydrogens (primary N) is 1. The summed E-state index contributed by atoms with van der Waals surface area (Å²) in [5.74, 6) is -1.34. The van der Waals surface area contributed by atoms with Gasteiger partial charge in [0.05, 0.1) is 11.9 Å². The number of pyridine rings is 1. The predicted molar refractivity (Wildman–Crippen MR) is 84.8 cm³/mol. The van der Waals surface area contributed by atoms with Gasteiger partial charge in [0.15, 0.2) is 11.3 Å². The summed E-state index contributed by atoms with van der Waals surface area (Å²) in [4.78, 5) is 19.4. The molecule has 0 aliphatic rings. The van der Waals surface area contributed by atoms with Gasteiger partial charge in [-0.15, -0.1) is 0 Å². The summed E-state index contributed by atoms with van der Waals surface area (Å²) in [6.07, 6.45) is 1.61. The zero-order valence-electron chi connectivity index (χ0n) is 12.8. The Morgan fingerprint density at radius 1 is 1.24 bits per heavy atom. The Kier molecular flexibility index (Phi) is 3.46. The third-order valence-corrected chi connectivity index (χ3v) is 3.63. The van der Waals surface area contributed by atoms with Crippen LogP contribution in [0.3, 0.4) is 0 Å². The lowest BCUT2D eigenvalue weighted by atomic mass is 10.2. The van der Waals surface area contributed by atoms with Crippen LogP contribution in [0.5, 0.6) is 0 Å². The van der Waals surface area contributed by atoms with Gasteiger partial charge in [-0.3, -0.25) is 4.79 Å². The number of carbonyl (C=O) groups is 1. The first-order valence-corrected chi connectivity index (χ1v) is 7.32. The van der Waals surface area contributed by atoms with E-state index in [0.29, 0.717) is 22.3 Å². The lowest BCUT2D eigenvalue weighted by Gasteiger charge is -2.04. The number of halogens is 1. The van der Waals surface area contributed by atoms with Gasteiger partial charge in [-0.1, -0.05) is 23.4 Å². The number of aromatic nitrogens is 5. The van der Waals surface area contributed by atoms with E-state index >= 15 is 0 Å². The molecule has 0 unspecified atom stereocenters. The smallest absolute Gasteiger partial charge is 0.290 e. The Balaban J connectivity index is 1.83. The number of hydrogen-bond acceptors (Lipinski definition) is 6. The summed E-state index contributed by atoms with van der Waals surface area (Å²) < 4.78 is 20.6. The molecule has 0 fully saturated rings. The molecule has 0 aliphatic heterocycles. The number of amides is 1. The fourth-order valence-electron chi connectivity index (χ4n) is 2.49. The second-order valence-corrected chi connectivity index (χ2v) is 5.26. The van der Waals surface area contributed by atoms with Crippen LogP contribution in [-0.4, -0.2) is 30.8 Å². The normalized spacial score (nSPS) is 11.1. The number of nitrogens with zero attached hydrogens (tertiary/aromatic N) is 5. The van der Waals surface area contributed by atoms with Crippen molar-refractivity contribution in [2.45, 2.75) is 6.54 Å². The van der Waals surface area contributed by atoms with Gasteiger partial charge in [-0.25, -0.2) is 14.1 Å². The molecule has 4 rings (SSSR count). The zero-order valence-corrected chi connectivity index (χ0v) is 12.8. The Morgan fingerprint density at radius 3 is 2.84 bits per heavy atom. The maximum absolute atomic E-state index is 13.9. The molecule has 3 aromatic heterocycles. The average molecular weight is 338 g/mol. The summed E-state index contributed by atoms with van der Waals surface area (Å²) in [6, 6.07) is 9.92. The zero-order chi connectivity index (χ0) is 17.4. The predicted octanol–water partition coefficient (Wildman–Crippen LogP) is 1.77. The minimum atomic E-state index is -0.803. The first kappa shape index (κ1) is 14.9. The highest BCUT2D eigenvalue weighted by Gasteiger charge is 2.20. The Bertz CT molecular complexity index is 1090. The highest BCUT2D eigenvalue weighted by molar-refractivity contribution is 5.91. The van der Waals surface area contributed by atoms with Crippen LogP contribution in [0, 0.1) is 5.82 Å². The minimum Gasteiger partial charge on any atom is -0.363 e.